The third kappa shape index (κ3) is 2.83. The first-order valence-electron chi connectivity index (χ1n) is 9.44. The van der Waals surface area contributed by atoms with E-state index in [-0.39, 0.29) is 6.03 Å². The molecule has 2 saturated heterocycles. The van der Waals surface area contributed by atoms with Gasteiger partial charge < -0.3 is 14.2 Å². The summed E-state index contributed by atoms with van der Waals surface area (Å²) in [5.74, 6) is 1.04. The molecule has 2 aliphatic heterocycles. The maximum absolute atomic E-state index is 12.6. The van der Waals surface area contributed by atoms with Crippen molar-refractivity contribution in [2.45, 2.75) is 51.1 Å². The molecule has 1 aromatic heterocycles. The van der Waals surface area contributed by atoms with Gasteiger partial charge in [-0.3, -0.25) is 4.90 Å². The van der Waals surface area contributed by atoms with Crippen molar-refractivity contribution in [1.29, 1.82) is 0 Å². The molecule has 0 radical (unpaired) electrons. The third-order valence-electron chi connectivity index (χ3n) is 6.55. The first-order chi connectivity index (χ1) is 11.7. The topological polar surface area (TPSA) is 39.9 Å². The molecule has 2 amide bonds. The van der Waals surface area contributed by atoms with E-state index in [0.29, 0.717) is 11.5 Å². The van der Waals surface area contributed by atoms with Crippen molar-refractivity contribution in [3.8, 4) is 0 Å². The Bertz CT molecular complexity index is 557. The van der Waals surface area contributed by atoms with Crippen molar-refractivity contribution in [3.63, 3.8) is 0 Å². The van der Waals surface area contributed by atoms with E-state index in [2.05, 4.69) is 22.9 Å². The molecule has 1 aromatic rings. The molecule has 132 valence electrons. The van der Waals surface area contributed by atoms with E-state index in [1.807, 2.05) is 11.0 Å². The molecule has 0 aromatic carbocycles. The van der Waals surface area contributed by atoms with Gasteiger partial charge in [0.05, 0.1) is 12.8 Å². The van der Waals surface area contributed by atoms with Gasteiger partial charge in [-0.1, -0.05) is 0 Å². The lowest BCUT2D eigenvalue weighted by atomic mass is 9.59. The number of piperidine rings is 1. The van der Waals surface area contributed by atoms with Gasteiger partial charge in [0.15, 0.2) is 0 Å². The van der Waals surface area contributed by atoms with Gasteiger partial charge in [0.2, 0.25) is 0 Å². The van der Waals surface area contributed by atoms with Gasteiger partial charge in [0.25, 0.3) is 0 Å². The van der Waals surface area contributed by atoms with E-state index in [9.17, 15) is 4.79 Å². The number of furan rings is 1. The molecule has 5 nitrogen and oxygen atoms in total. The van der Waals surface area contributed by atoms with E-state index in [1.54, 1.807) is 6.26 Å². The number of urea groups is 1. The van der Waals surface area contributed by atoms with Crippen molar-refractivity contribution >= 4 is 6.03 Å². The number of hydrogen-bond acceptors (Lipinski definition) is 3. The van der Waals surface area contributed by atoms with E-state index in [0.717, 1.165) is 51.3 Å². The Labute approximate surface area is 144 Å². The highest BCUT2D eigenvalue weighted by Gasteiger charge is 2.50. The lowest BCUT2D eigenvalue weighted by molar-refractivity contribution is -0.0586. The second kappa shape index (κ2) is 6.43. The molecule has 0 bridgehead atoms. The zero-order valence-electron chi connectivity index (χ0n) is 14.7. The minimum atomic E-state index is 0.280. The highest BCUT2D eigenvalue weighted by Crippen LogP contribution is 2.51. The van der Waals surface area contributed by atoms with Crippen LogP contribution in [0, 0.1) is 5.41 Å². The van der Waals surface area contributed by atoms with Crippen molar-refractivity contribution in [2.75, 3.05) is 33.2 Å². The summed E-state index contributed by atoms with van der Waals surface area (Å²) in [5.41, 5.74) is 0.420. The fourth-order valence-corrected chi connectivity index (χ4v) is 4.96. The van der Waals surface area contributed by atoms with E-state index < -0.39 is 0 Å². The lowest BCUT2D eigenvalue weighted by Gasteiger charge is -2.57. The minimum Gasteiger partial charge on any atom is -0.468 e. The van der Waals surface area contributed by atoms with E-state index in [1.165, 1.54) is 25.7 Å². The Hall–Kier alpha value is -1.49. The van der Waals surface area contributed by atoms with E-state index in [4.69, 9.17) is 4.42 Å². The van der Waals surface area contributed by atoms with Crippen molar-refractivity contribution in [1.82, 2.24) is 14.7 Å². The predicted octanol–water partition coefficient (Wildman–Crippen LogP) is 3.17. The molecule has 3 fully saturated rings. The first kappa shape index (κ1) is 16.0. The normalized spacial score (nSPS) is 26.2. The standard InChI is InChI=1S/C19H29N3O2/c1-20(15-16-5-4-14-24-16)17-6-7-19(17)8-12-22(13-9-19)18(23)21-10-2-3-11-21/h4-5,14,17H,2-3,6-13,15H2,1H3/t17-/m1/s1. The Morgan fingerprint density at radius 2 is 1.92 bits per heavy atom. The molecular formula is C19H29N3O2. The Balaban J connectivity index is 1.33. The zero-order chi connectivity index (χ0) is 16.6. The molecule has 4 rings (SSSR count). The fraction of sp³-hybridized carbons (Fsp3) is 0.737. The van der Waals surface area contributed by atoms with Crippen LogP contribution in [0.4, 0.5) is 4.79 Å². The average Bonchev–Trinajstić information content (AvgIpc) is 3.26. The number of carbonyl (C=O) groups excluding carboxylic acids is 1. The molecule has 1 saturated carbocycles. The lowest BCUT2D eigenvalue weighted by Crippen LogP contribution is -2.59. The van der Waals surface area contributed by atoms with Crippen LogP contribution < -0.4 is 0 Å². The van der Waals surface area contributed by atoms with Crippen LogP contribution in [0.15, 0.2) is 22.8 Å². The molecule has 0 unspecified atom stereocenters. The van der Waals surface area contributed by atoms with Crippen molar-refractivity contribution in [2.24, 2.45) is 5.41 Å². The van der Waals surface area contributed by atoms with Gasteiger partial charge in [0.1, 0.15) is 5.76 Å². The van der Waals surface area contributed by atoms with Crippen LogP contribution in [0.2, 0.25) is 0 Å². The van der Waals surface area contributed by atoms with Gasteiger partial charge in [-0.2, -0.15) is 0 Å². The monoisotopic (exact) mass is 331 g/mol. The summed E-state index contributed by atoms with van der Waals surface area (Å²) in [6.07, 6.45) is 8.98. The largest absolute Gasteiger partial charge is 0.468 e. The van der Waals surface area contributed by atoms with Crippen LogP contribution in [0.3, 0.4) is 0 Å². The Morgan fingerprint density at radius 3 is 2.50 bits per heavy atom. The third-order valence-corrected chi connectivity index (χ3v) is 6.55. The predicted molar refractivity (Wildman–Crippen MR) is 92.6 cm³/mol. The van der Waals surface area contributed by atoms with Gasteiger partial charge in [-0.05, 0) is 63.1 Å². The van der Waals surface area contributed by atoms with Crippen LogP contribution in [0.1, 0.15) is 44.3 Å². The first-order valence-corrected chi connectivity index (χ1v) is 9.44. The second-order valence-electron chi connectivity index (χ2n) is 7.88. The van der Waals surface area contributed by atoms with Crippen molar-refractivity contribution in [3.05, 3.63) is 24.2 Å². The van der Waals surface area contributed by atoms with Crippen LogP contribution in [0.5, 0.6) is 0 Å². The van der Waals surface area contributed by atoms with Crippen LogP contribution in [-0.2, 0) is 6.54 Å². The average molecular weight is 331 g/mol. The molecular weight excluding hydrogens is 302 g/mol. The van der Waals surface area contributed by atoms with Gasteiger partial charge in [-0.15, -0.1) is 0 Å². The Kier molecular flexibility index (Phi) is 4.29. The Morgan fingerprint density at radius 1 is 1.21 bits per heavy atom. The van der Waals surface area contributed by atoms with Gasteiger partial charge in [-0.25, -0.2) is 4.79 Å². The fourth-order valence-electron chi connectivity index (χ4n) is 4.96. The summed E-state index contributed by atoms with van der Waals surface area (Å²) < 4.78 is 5.50. The van der Waals surface area contributed by atoms with Crippen LogP contribution in [0.25, 0.3) is 0 Å². The minimum absolute atomic E-state index is 0.280. The molecule has 3 aliphatic rings. The maximum Gasteiger partial charge on any atom is 0.319 e. The quantitative estimate of drug-likeness (QED) is 0.854. The summed E-state index contributed by atoms with van der Waals surface area (Å²) in [6.45, 7) is 4.65. The molecule has 3 heterocycles. The van der Waals surface area contributed by atoms with Crippen LogP contribution in [-0.4, -0.2) is 60.0 Å². The van der Waals surface area contributed by atoms with Crippen LogP contribution >= 0.6 is 0 Å². The number of rotatable bonds is 3. The summed E-state index contributed by atoms with van der Waals surface area (Å²) >= 11 is 0. The SMILES string of the molecule is CN(Cc1ccco1)[C@@H]1CCC12CCN(C(=O)N1CCCC1)CC2. The summed E-state index contributed by atoms with van der Waals surface area (Å²) in [7, 11) is 2.22. The number of carbonyl (C=O) groups is 1. The van der Waals surface area contributed by atoms with Crippen molar-refractivity contribution < 1.29 is 9.21 Å². The number of likely N-dealkylation sites (tertiary alicyclic amines) is 2. The van der Waals surface area contributed by atoms with Gasteiger partial charge in [0, 0.05) is 32.2 Å². The molecule has 1 spiro atoms. The number of amides is 2. The van der Waals surface area contributed by atoms with E-state index >= 15 is 0 Å². The highest BCUT2D eigenvalue weighted by atomic mass is 16.3. The highest BCUT2D eigenvalue weighted by molar-refractivity contribution is 5.74. The second-order valence-corrected chi connectivity index (χ2v) is 7.88. The molecule has 0 N–H and O–H groups in total. The summed E-state index contributed by atoms with van der Waals surface area (Å²) in [6, 6.07) is 4.93. The molecule has 1 aliphatic carbocycles. The summed E-state index contributed by atoms with van der Waals surface area (Å²) in [5, 5.41) is 0. The summed E-state index contributed by atoms with van der Waals surface area (Å²) in [4.78, 5) is 19.2. The maximum atomic E-state index is 12.6. The smallest absolute Gasteiger partial charge is 0.319 e. The zero-order valence-corrected chi connectivity index (χ0v) is 14.7. The number of hydrogen-bond donors (Lipinski definition) is 0. The molecule has 5 heteroatoms. The van der Waals surface area contributed by atoms with Gasteiger partial charge >= 0.3 is 6.03 Å². The molecule has 1 atom stereocenters. The molecule has 24 heavy (non-hydrogen) atoms. The number of nitrogens with zero attached hydrogens (tertiary/aromatic N) is 3.